The number of benzene rings is 1. The number of hydrogen-bond donors (Lipinski definition) is 3. The summed E-state index contributed by atoms with van der Waals surface area (Å²) in [4.78, 5) is 20.0. The minimum Gasteiger partial charge on any atom is -0.464 e. The van der Waals surface area contributed by atoms with Crippen LogP contribution in [0.1, 0.15) is 32.4 Å². The molecule has 3 heterocycles. The zero-order valence-corrected chi connectivity index (χ0v) is 24.0. The maximum atomic E-state index is 13.7. The number of ether oxygens (including phenoxy) is 2. The van der Waals surface area contributed by atoms with Gasteiger partial charge in [-0.25, -0.2) is 14.1 Å². The summed E-state index contributed by atoms with van der Waals surface area (Å²) in [6.07, 6.45) is -1.79. The number of aliphatic hydroxyl groups is 2. The molecule has 3 aromatic rings. The predicted octanol–water partition coefficient (Wildman–Crippen LogP) is 2.45. The molecule has 0 radical (unpaired) electrons. The Balaban J connectivity index is 1.51. The Kier molecular flexibility index (Phi) is 9.93. The summed E-state index contributed by atoms with van der Waals surface area (Å²) in [5, 5.41) is 36.0. The van der Waals surface area contributed by atoms with Crippen LogP contribution in [0.4, 0.5) is 5.82 Å². The monoisotopic (exact) mass is 600 g/mol. The van der Waals surface area contributed by atoms with Gasteiger partial charge in [0, 0.05) is 0 Å². The van der Waals surface area contributed by atoms with E-state index in [1.54, 1.807) is 36.4 Å². The fourth-order valence-corrected chi connectivity index (χ4v) is 5.65. The number of aromatic nitrogens is 3. The normalized spacial score (nSPS) is 23.7. The Morgan fingerprint density at radius 3 is 2.71 bits per heavy atom. The molecular formula is C27H33N6O8P. The van der Waals surface area contributed by atoms with E-state index in [9.17, 15) is 24.8 Å². The van der Waals surface area contributed by atoms with Gasteiger partial charge >= 0.3 is 13.6 Å². The number of aliphatic hydroxyl groups excluding tert-OH is 2. The second-order valence-corrected chi connectivity index (χ2v) is 11.4. The number of nitriles is 1. The third-order valence-corrected chi connectivity index (χ3v) is 8.38. The number of nitrogen functional groups attached to an aromatic ring is 1. The van der Waals surface area contributed by atoms with Crippen molar-refractivity contribution in [3.05, 3.63) is 54.5 Å². The first-order valence-electron chi connectivity index (χ1n) is 13.4. The molecule has 1 aliphatic rings. The summed E-state index contributed by atoms with van der Waals surface area (Å²) in [6, 6.07) is 13.1. The highest BCUT2D eigenvalue weighted by Crippen LogP contribution is 2.48. The highest BCUT2D eigenvalue weighted by molar-refractivity contribution is 7.70. The Morgan fingerprint density at radius 2 is 2.02 bits per heavy atom. The number of nitrogens with zero attached hydrogens (tertiary/aromatic N) is 5. The van der Waals surface area contributed by atoms with E-state index in [-0.39, 0.29) is 29.8 Å². The molecular weight excluding hydrogens is 567 g/mol. The molecule has 1 fully saturated rings. The van der Waals surface area contributed by atoms with Crippen molar-refractivity contribution in [1.82, 2.24) is 14.6 Å². The lowest BCUT2D eigenvalue weighted by molar-refractivity contribution is -0.143. The van der Waals surface area contributed by atoms with Crippen LogP contribution >= 0.6 is 7.60 Å². The molecule has 0 unspecified atom stereocenters. The van der Waals surface area contributed by atoms with Gasteiger partial charge in [0.2, 0.25) is 5.60 Å². The van der Waals surface area contributed by atoms with E-state index >= 15 is 0 Å². The van der Waals surface area contributed by atoms with Crippen molar-refractivity contribution >= 4 is 30.9 Å². The topological polar surface area (TPSA) is 204 Å². The lowest BCUT2D eigenvalue weighted by atomic mass is 9.92. The largest absolute Gasteiger partial charge is 0.464 e. The number of esters is 1. The number of anilines is 1. The number of fused-ring (bicyclic) bond motifs is 1. The average molecular weight is 601 g/mol. The smallest absolute Gasteiger partial charge is 0.421 e. The molecule has 14 nitrogen and oxygen atoms in total. The maximum absolute atomic E-state index is 13.7. The average Bonchev–Trinajstić information content (AvgIpc) is 3.53. The number of carbonyl (C=O) groups is 1. The van der Waals surface area contributed by atoms with Crippen LogP contribution in [0.5, 0.6) is 5.75 Å². The molecule has 224 valence electrons. The van der Waals surface area contributed by atoms with Crippen molar-refractivity contribution in [3.63, 3.8) is 0 Å². The van der Waals surface area contributed by atoms with Crippen LogP contribution in [-0.2, 0) is 29.0 Å². The molecule has 0 spiro atoms. The van der Waals surface area contributed by atoms with Gasteiger partial charge in [0.25, 0.3) is 0 Å². The van der Waals surface area contributed by atoms with Gasteiger partial charge in [-0.1, -0.05) is 44.9 Å². The third kappa shape index (κ3) is 6.61. The minimum atomic E-state index is -4.20. The molecule has 4 rings (SSSR count). The van der Waals surface area contributed by atoms with E-state index in [0.717, 1.165) is 18.8 Å². The first kappa shape index (κ1) is 31.1. The zero-order chi connectivity index (χ0) is 30.3. The Bertz CT molecular complexity index is 1490. The molecule has 4 N–H and O–H groups in total. The van der Waals surface area contributed by atoms with Crippen LogP contribution in [0.3, 0.4) is 0 Å². The van der Waals surface area contributed by atoms with E-state index in [1.165, 1.54) is 16.9 Å². The fourth-order valence-electron chi connectivity index (χ4n) is 4.44. The molecule has 5 atom stereocenters. The summed E-state index contributed by atoms with van der Waals surface area (Å²) in [7, 11) is -4.20. The summed E-state index contributed by atoms with van der Waals surface area (Å²) in [5.74, 6) is 0.838. The van der Waals surface area contributed by atoms with Crippen LogP contribution < -0.4 is 10.3 Å². The molecule has 15 heteroatoms. The van der Waals surface area contributed by atoms with Crippen LogP contribution in [0.15, 0.2) is 53.8 Å². The van der Waals surface area contributed by atoms with Crippen LogP contribution in [0, 0.1) is 17.2 Å². The van der Waals surface area contributed by atoms with Gasteiger partial charge < -0.3 is 29.9 Å². The van der Waals surface area contributed by atoms with Crippen molar-refractivity contribution in [3.8, 4) is 11.8 Å². The van der Waals surface area contributed by atoms with Gasteiger partial charge in [0.05, 0.1) is 18.9 Å². The molecule has 1 aliphatic heterocycles. The van der Waals surface area contributed by atoms with E-state index < -0.39 is 50.6 Å². The van der Waals surface area contributed by atoms with Crippen LogP contribution in [-0.4, -0.2) is 74.8 Å². The number of hydrogen-bond acceptors (Lipinski definition) is 13. The minimum absolute atomic E-state index is 0.0975. The van der Waals surface area contributed by atoms with Crippen molar-refractivity contribution in [2.75, 3.05) is 25.5 Å². The van der Waals surface area contributed by atoms with Gasteiger partial charge in [0.15, 0.2) is 5.82 Å². The van der Waals surface area contributed by atoms with Crippen molar-refractivity contribution in [2.24, 2.45) is 10.9 Å². The van der Waals surface area contributed by atoms with Crippen molar-refractivity contribution in [2.45, 2.75) is 50.6 Å². The van der Waals surface area contributed by atoms with Gasteiger partial charge in [-0.3, -0.25) is 14.3 Å². The number of rotatable bonds is 13. The Hall–Kier alpha value is -3.86. The van der Waals surface area contributed by atoms with Gasteiger partial charge in [-0.2, -0.15) is 10.4 Å². The molecule has 42 heavy (non-hydrogen) atoms. The molecule has 1 aromatic carbocycles. The number of nitrogens with two attached hydrogens (primary N) is 1. The lowest BCUT2D eigenvalue weighted by Crippen LogP contribution is -2.41. The van der Waals surface area contributed by atoms with Crippen molar-refractivity contribution < 1.29 is 38.1 Å². The number of carbonyl (C=O) groups excluding carboxylic acids is 1. The molecule has 0 saturated carbocycles. The van der Waals surface area contributed by atoms with E-state index in [0.29, 0.717) is 5.52 Å². The molecule has 1 saturated heterocycles. The quantitative estimate of drug-likeness (QED) is 0.147. The first-order chi connectivity index (χ1) is 20.2. The predicted molar refractivity (Wildman–Crippen MR) is 151 cm³/mol. The third-order valence-electron chi connectivity index (χ3n) is 6.96. The molecule has 0 bridgehead atoms. The van der Waals surface area contributed by atoms with E-state index in [1.807, 2.05) is 19.9 Å². The Labute approximate surface area is 242 Å². The molecule has 0 aliphatic carbocycles. The van der Waals surface area contributed by atoms with Crippen molar-refractivity contribution in [1.29, 1.82) is 5.26 Å². The number of aliphatic imine (C=N–C) groups is 1. The van der Waals surface area contributed by atoms with Crippen LogP contribution in [0.25, 0.3) is 5.52 Å². The summed E-state index contributed by atoms with van der Waals surface area (Å²) < 4.78 is 37.3. The van der Waals surface area contributed by atoms with E-state index in [2.05, 4.69) is 15.1 Å². The van der Waals surface area contributed by atoms with E-state index in [4.69, 9.17) is 24.3 Å². The second-order valence-electron chi connectivity index (χ2n) is 9.66. The molecule has 0 amide bonds. The number of para-hydroxylation sites is 1. The second kappa shape index (κ2) is 13.4. The van der Waals surface area contributed by atoms with Gasteiger partial charge in [0.1, 0.15) is 54.5 Å². The standard InChI is InChI=1S/C27H33N6O8P/c1-3-18(4-2)13-38-23(34)12-30-17-42(37,41-19-8-6-5-7-9-19)39-14-21-24(35)25(36)27(15-28,40-21)22-11-10-20-26(29)31-16-32-33(20)22/h5-11,16-18,21,24-25,35-36H,3-4,12-14H2,1-2H3,(H2,29,31,32)/b30-17+/t21-,24-,25-,27+,42+/m1/s1. The highest BCUT2D eigenvalue weighted by Gasteiger charge is 2.58. The lowest BCUT2D eigenvalue weighted by Gasteiger charge is -2.24. The van der Waals surface area contributed by atoms with Gasteiger partial charge in [-0.05, 0) is 30.2 Å². The maximum Gasteiger partial charge on any atom is 0.421 e. The SMILES string of the molecule is CCC(CC)COC(=O)C/N=C/[P@](=O)(OC[C@H]1O[C@@](C#N)(c2ccc3c(N)ncnn23)[C@H](O)[C@@H]1O)Oc1ccccc1. The first-order valence-corrected chi connectivity index (χ1v) is 15.0. The fraction of sp³-hybridized carbons (Fsp3) is 0.444. The highest BCUT2D eigenvalue weighted by atomic mass is 31.2. The zero-order valence-electron chi connectivity index (χ0n) is 23.1. The summed E-state index contributed by atoms with van der Waals surface area (Å²) in [6.45, 7) is 3.27. The molecule has 2 aromatic heterocycles. The summed E-state index contributed by atoms with van der Waals surface area (Å²) >= 11 is 0. The summed E-state index contributed by atoms with van der Waals surface area (Å²) in [5.41, 5.74) is 4.28. The van der Waals surface area contributed by atoms with Crippen LogP contribution in [0.2, 0.25) is 0 Å². The van der Waals surface area contributed by atoms with Gasteiger partial charge in [-0.15, -0.1) is 0 Å². The Morgan fingerprint density at radius 1 is 1.29 bits per heavy atom.